The van der Waals surface area contributed by atoms with Gasteiger partial charge in [-0.15, -0.1) is 0 Å². The van der Waals surface area contributed by atoms with Gasteiger partial charge in [0, 0.05) is 17.0 Å². The number of aromatic nitrogens is 1. The molecule has 0 aliphatic carbocycles. The maximum Gasteiger partial charge on any atom is 0.251 e. The van der Waals surface area contributed by atoms with Gasteiger partial charge in [0.1, 0.15) is 11.3 Å². The number of furan rings is 1. The molecule has 0 aliphatic rings. The van der Waals surface area contributed by atoms with Crippen LogP contribution in [0.2, 0.25) is 0 Å². The summed E-state index contributed by atoms with van der Waals surface area (Å²) in [4.78, 5) is 12.2. The zero-order chi connectivity index (χ0) is 17.2. The number of fused-ring (bicyclic) bond motifs is 1. The van der Waals surface area contributed by atoms with Gasteiger partial charge in [-0.1, -0.05) is 41.1 Å². The summed E-state index contributed by atoms with van der Waals surface area (Å²) in [6, 6.07) is 18.9. The summed E-state index contributed by atoms with van der Waals surface area (Å²) in [5, 5.41) is 7.84. The molecule has 5 nitrogen and oxygen atoms in total. The first-order valence-corrected chi connectivity index (χ1v) is 7.98. The second kappa shape index (κ2) is 6.28. The highest BCUT2D eigenvalue weighted by molar-refractivity contribution is 5.94. The maximum atomic E-state index is 12.2. The van der Waals surface area contributed by atoms with Crippen molar-refractivity contribution in [3.63, 3.8) is 0 Å². The largest absolute Gasteiger partial charge is 0.453 e. The van der Waals surface area contributed by atoms with Crippen LogP contribution in [0.25, 0.3) is 22.5 Å². The van der Waals surface area contributed by atoms with Gasteiger partial charge >= 0.3 is 0 Å². The molecule has 0 unspecified atom stereocenters. The quantitative estimate of drug-likeness (QED) is 0.604. The average Bonchev–Trinajstić information content (AvgIpc) is 3.26. The number of aryl methyl sites for hydroxylation is 1. The van der Waals surface area contributed by atoms with Crippen molar-refractivity contribution in [3.05, 3.63) is 77.5 Å². The summed E-state index contributed by atoms with van der Waals surface area (Å²) in [7, 11) is 0. The number of para-hydroxylation sites is 1. The zero-order valence-electron chi connectivity index (χ0n) is 13.7. The Bertz CT molecular complexity index is 1010. The first-order chi connectivity index (χ1) is 12.2. The number of nitrogens with one attached hydrogen (secondary N) is 1. The molecule has 1 amide bonds. The van der Waals surface area contributed by atoms with Gasteiger partial charge in [-0.3, -0.25) is 4.79 Å². The first-order valence-electron chi connectivity index (χ1n) is 7.98. The Balaban J connectivity index is 1.47. The van der Waals surface area contributed by atoms with Crippen LogP contribution in [-0.4, -0.2) is 11.1 Å². The number of benzene rings is 2. The monoisotopic (exact) mass is 332 g/mol. The maximum absolute atomic E-state index is 12.2. The molecule has 1 N–H and O–H groups in total. The third-order valence-corrected chi connectivity index (χ3v) is 3.94. The summed E-state index contributed by atoms with van der Waals surface area (Å²) in [6.07, 6.45) is 0. The lowest BCUT2D eigenvalue weighted by Gasteiger charge is -2.03. The van der Waals surface area contributed by atoms with Crippen LogP contribution < -0.4 is 5.32 Å². The Kier molecular flexibility index (Phi) is 3.82. The predicted octanol–water partition coefficient (Wildman–Crippen LogP) is 4.33. The lowest BCUT2D eigenvalue weighted by Crippen LogP contribution is -2.22. The molecule has 25 heavy (non-hydrogen) atoms. The topological polar surface area (TPSA) is 68.3 Å². The molecular weight excluding hydrogens is 316 g/mol. The van der Waals surface area contributed by atoms with Crippen LogP contribution in [0.1, 0.15) is 21.6 Å². The summed E-state index contributed by atoms with van der Waals surface area (Å²) in [5.41, 5.74) is 3.10. The zero-order valence-corrected chi connectivity index (χ0v) is 13.7. The lowest BCUT2D eigenvalue weighted by atomic mass is 10.1. The van der Waals surface area contributed by atoms with E-state index in [0.717, 1.165) is 16.5 Å². The number of hydrogen-bond donors (Lipinski definition) is 1. The number of amides is 1. The molecule has 2 aromatic carbocycles. The average molecular weight is 332 g/mol. The van der Waals surface area contributed by atoms with Crippen molar-refractivity contribution >= 4 is 16.9 Å². The molecule has 0 atom stereocenters. The molecular formula is C20H16N2O3. The Morgan fingerprint density at radius 2 is 1.92 bits per heavy atom. The van der Waals surface area contributed by atoms with Gasteiger partial charge in [0.05, 0.1) is 6.54 Å². The van der Waals surface area contributed by atoms with Crippen molar-refractivity contribution in [3.8, 4) is 11.5 Å². The van der Waals surface area contributed by atoms with Gasteiger partial charge in [-0.2, -0.15) is 0 Å². The highest BCUT2D eigenvalue weighted by Gasteiger charge is 2.13. The van der Waals surface area contributed by atoms with E-state index in [1.165, 1.54) is 0 Å². The van der Waals surface area contributed by atoms with E-state index in [-0.39, 0.29) is 12.5 Å². The van der Waals surface area contributed by atoms with Gasteiger partial charge < -0.3 is 14.3 Å². The molecule has 4 aromatic rings. The molecule has 4 rings (SSSR count). The molecule has 0 saturated heterocycles. The van der Waals surface area contributed by atoms with Crippen LogP contribution >= 0.6 is 0 Å². The van der Waals surface area contributed by atoms with Crippen LogP contribution in [0, 0.1) is 6.92 Å². The van der Waals surface area contributed by atoms with Gasteiger partial charge in [0.15, 0.2) is 5.76 Å². The van der Waals surface area contributed by atoms with Crippen LogP contribution in [0.5, 0.6) is 0 Å². The van der Waals surface area contributed by atoms with E-state index in [0.29, 0.717) is 22.8 Å². The van der Waals surface area contributed by atoms with Gasteiger partial charge in [0.2, 0.25) is 5.76 Å². The van der Waals surface area contributed by atoms with E-state index in [1.54, 1.807) is 12.1 Å². The van der Waals surface area contributed by atoms with E-state index in [1.807, 2.05) is 55.5 Å². The molecule has 124 valence electrons. The van der Waals surface area contributed by atoms with Crippen molar-refractivity contribution in [1.29, 1.82) is 0 Å². The Morgan fingerprint density at radius 3 is 2.76 bits per heavy atom. The van der Waals surface area contributed by atoms with Crippen LogP contribution in [0.15, 0.2) is 69.6 Å². The highest BCUT2D eigenvalue weighted by Crippen LogP contribution is 2.28. The van der Waals surface area contributed by atoms with Gasteiger partial charge in [-0.05, 0) is 31.2 Å². The molecule has 0 spiro atoms. The van der Waals surface area contributed by atoms with Crippen molar-refractivity contribution in [2.45, 2.75) is 13.5 Å². The Hall–Kier alpha value is -3.34. The fourth-order valence-corrected chi connectivity index (χ4v) is 2.67. The van der Waals surface area contributed by atoms with Crippen molar-refractivity contribution in [2.24, 2.45) is 0 Å². The van der Waals surface area contributed by atoms with Gasteiger partial charge in [-0.25, -0.2) is 0 Å². The summed E-state index contributed by atoms with van der Waals surface area (Å²) < 4.78 is 11.1. The van der Waals surface area contributed by atoms with E-state index in [4.69, 9.17) is 8.94 Å². The van der Waals surface area contributed by atoms with Crippen molar-refractivity contribution in [2.75, 3.05) is 0 Å². The van der Waals surface area contributed by atoms with Crippen LogP contribution in [0.4, 0.5) is 0 Å². The number of nitrogens with zero attached hydrogens (tertiary/aromatic N) is 1. The molecule has 0 saturated carbocycles. The molecule has 2 heterocycles. The molecule has 5 heteroatoms. The number of carbonyl (C=O) groups is 1. The number of hydrogen-bond acceptors (Lipinski definition) is 4. The molecule has 2 aromatic heterocycles. The molecule has 0 aliphatic heterocycles. The summed E-state index contributed by atoms with van der Waals surface area (Å²) >= 11 is 0. The van der Waals surface area contributed by atoms with E-state index in [9.17, 15) is 4.79 Å². The minimum atomic E-state index is -0.142. The fourth-order valence-electron chi connectivity index (χ4n) is 2.67. The fraction of sp³-hybridized carbons (Fsp3) is 0.100. The smallest absolute Gasteiger partial charge is 0.251 e. The molecule has 0 bridgehead atoms. The number of rotatable bonds is 4. The molecule has 0 radical (unpaired) electrons. The third kappa shape index (κ3) is 3.17. The molecule has 0 fully saturated rings. The lowest BCUT2D eigenvalue weighted by molar-refractivity contribution is 0.0950. The minimum Gasteiger partial charge on any atom is -0.453 e. The predicted molar refractivity (Wildman–Crippen MR) is 94.1 cm³/mol. The summed E-state index contributed by atoms with van der Waals surface area (Å²) in [6.45, 7) is 2.24. The third-order valence-electron chi connectivity index (χ3n) is 3.94. The Morgan fingerprint density at radius 1 is 1.04 bits per heavy atom. The second-order valence-electron chi connectivity index (χ2n) is 5.88. The minimum absolute atomic E-state index is 0.142. The number of carbonyl (C=O) groups excluding carboxylic acids is 1. The summed E-state index contributed by atoms with van der Waals surface area (Å²) in [5.74, 6) is 1.01. The van der Waals surface area contributed by atoms with E-state index < -0.39 is 0 Å². The van der Waals surface area contributed by atoms with E-state index in [2.05, 4.69) is 10.5 Å². The second-order valence-corrected chi connectivity index (χ2v) is 5.88. The standard InChI is InChI=1S/C20H16N2O3/c1-13-5-4-7-15(9-13)20(23)21-12-16-11-19(25-22-16)18-10-14-6-2-3-8-17(14)24-18/h2-11H,12H2,1H3,(H,21,23). The van der Waals surface area contributed by atoms with Crippen molar-refractivity contribution < 1.29 is 13.7 Å². The first kappa shape index (κ1) is 15.2. The van der Waals surface area contributed by atoms with Gasteiger partial charge in [0.25, 0.3) is 5.91 Å². The highest BCUT2D eigenvalue weighted by atomic mass is 16.5. The Labute approximate surface area is 144 Å². The van der Waals surface area contributed by atoms with Crippen LogP contribution in [-0.2, 0) is 6.54 Å². The van der Waals surface area contributed by atoms with E-state index >= 15 is 0 Å². The normalized spacial score (nSPS) is 10.9. The SMILES string of the molecule is Cc1cccc(C(=O)NCc2cc(-c3cc4ccccc4o3)on2)c1. The van der Waals surface area contributed by atoms with Crippen molar-refractivity contribution in [1.82, 2.24) is 10.5 Å². The van der Waals surface area contributed by atoms with Crippen LogP contribution in [0.3, 0.4) is 0 Å².